The zero-order chi connectivity index (χ0) is 20.1. The number of fused-ring (bicyclic) bond motifs is 1. The summed E-state index contributed by atoms with van der Waals surface area (Å²) in [5.41, 5.74) is 3.75. The van der Waals surface area contributed by atoms with E-state index in [-0.39, 0.29) is 0 Å². The van der Waals surface area contributed by atoms with Crippen LogP contribution in [0.15, 0.2) is 36.4 Å². The van der Waals surface area contributed by atoms with E-state index in [4.69, 9.17) is 4.98 Å². The highest BCUT2D eigenvalue weighted by atomic mass is 15.2. The average molecular weight is 393 g/mol. The molecule has 0 radical (unpaired) electrons. The maximum Gasteiger partial charge on any atom is 0.133 e. The molecule has 156 valence electrons. The number of piperidine rings is 1. The van der Waals surface area contributed by atoms with Gasteiger partial charge in [-0.25, -0.2) is 4.98 Å². The molecule has 4 nitrogen and oxygen atoms in total. The fourth-order valence-electron chi connectivity index (χ4n) is 4.48. The van der Waals surface area contributed by atoms with Gasteiger partial charge in [-0.05, 0) is 69.3 Å². The molecule has 4 heteroatoms. The van der Waals surface area contributed by atoms with Gasteiger partial charge < -0.3 is 10.2 Å². The summed E-state index contributed by atoms with van der Waals surface area (Å²) in [6.07, 6.45) is 9.53. The molecule has 0 amide bonds. The van der Waals surface area contributed by atoms with Crippen molar-refractivity contribution in [1.29, 1.82) is 0 Å². The molecule has 0 unspecified atom stereocenters. The molecule has 1 fully saturated rings. The third kappa shape index (κ3) is 5.37. The number of benzene rings is 1. The molecule has 3 heterocycles. The third-order valence-electron chi connectivity index (χ3n) is 6.40. The molecular formula is C25H36N4. The van der Waals surface area contributed by atoms with Gasteiger partial charge in [-0.1, -0.05) is 31.2 Å². The predicted molar refractivity (Wildman–Crippen MR) is 124 cm³/mol. The number of nitrogens with zero attached hydrogens (tertiary/aromatic N) is 3. The van der Waals surface area contributed by atoms with E-state index in [1.807, 2.05) is 0 Å². The highest BCUT2D eigenvalue weighted by Crippen LogP contribution is 2.28. The van der Waals surface area contributed by atoms with Gasteiger partial charge in [0.15, 0.2) is 0 Å². The maximum atomic E-state index is 5.13. The first-order valence-corrected chi connectivity index (χ1v) is 11.4. The molecule has 4 rings (SSSR count). The lowest BCUT2D eigenvalue weighted by Gasteiger charge is -2.33. The molecule has 0 bridgehead atoms. The summed E-state index contributed by atoms with van der Waals surface area (Å²) >= 11 is 0. The van der Waals surface area contributed by atoms with Crippen molar-refractivity contribution in [2.24, 2.45) is 5.92 Å². The highest BCUT2D eigenvalue weighted by Gasteiger charge is 2.20. The van der Waals surface area contributed by atoms with Crippen molar-refractivity contribution >= 4 is 16.7 Å². The SMILES string of the molecule is Cc1ccc2cc(CNCCCN3CC=CCC3)c(N3CCC(C)CC3)nc2c1. The zero-order valence-corrected chi connectivity index (χ0v) is 18.2. The number of anilines is 1. The van der Waals surface area contributed by atoms with Crippen LogP contribution < -0.4 is 10.2 Å². The zero-order valence-electron chi connectivity index (χ0n) is 18.2. The first-order valence-electron chi connectivity index (χ1n) is 11.4. The Morgan fingerprint density at radius 3 is 2.76 bits per heavy atom. The highest BCUT2D eigenvalue weighted by molar-refractivity contribution is 5.82. The standard InChI is InChI=1S/C25H36N4/c1-20-9-15-29(16-10-20)25-23(18-22-8-7-21(2)17-24(22)27-25)19-26-11-6-14-28-12-4-3-5-13-28/h3-4,7-8,17-18,20,26H,5-6,9-16,19H2,1-2H3. The molecule has 0 saturated carbocycles. The van der Waals surface area contributed by atoms with E-state index in [0.29, 0.717) is 0 Å². The first kappa shape index (κ1) is 20.4. The summed E-state index contributed by atoms with van der Waals surface area (Å²) < 4.78 is 0. The normalized spacial score (nSPS) is 18.6. The fourth-order valence-corrected chi connectivity index (χ4v) is 4.48. The number of hydrogen-bond acceptors (Lipinski definition) is 4. The topological polar surface area (TPSA) is 31.4 Å². The molecule has 0 aliphatic carbocycles. The summed E-state index contributed by atoms with van der Waals surface area (Å²) in [5.74, 6) is 2.03. The Morgan fingerprint density at radius 2 is 1.97 bits per heavy atom. The van der Waals surface area contributed by atoms with Gasteiger partial charge in [0.25, 0.3) is 0 Å². The number of rotatable bonds is 7. The van der Waals surface area contributed by atoms with Crippen LogP contribution in [0.1, 0.15) is 43.7 Å². The minimum atomic E-state index is 0.833. The monoisotopic (exact) mass is 392 g/mol. The summed E-state index contributed by atoms with van der Waals surface area (Å²) in [6.45, 7) is 12.2. The molecule has 1 aromatic carbocycles. The second-order valence-corrected chi connectivity index (χ2v) is 8.93. The molecule has 0 spiro atoms. The van der Waals surface area contributed by atoms with Crippen LogP contribution in [0.2, 0.25) is 0 Å². The summed E-state index contributed by atoms with van der Waals surface area (Å²) in [7, 11) is 0. The van der Waals surface area contributed by atoms with E-state index < -0.39 is 0 Å². The Morgan fingerprint density at radius 1 is 1.10 bits per heavy atom. The van der Waals surface area contributed by atoms with E-state index in [1.54, 1.807) is 0 Å². The molecule has 1 aromatic heterocycles. The van der Waals surface area contributed by atoms with Crippen LogP contribution in [-0.4, -0.2) is 49.2 Å². The second-order valence-electron chi connectivity index (χ2n) is 8.93. The molecule has 1 saturated heterocycles. The third-order valence-corrected chi connectivity index (χ3v) is 6.40. The van der Waals surface area contributed by atoms with Crippen LogP contribution in [0.5, 0.6) is 0 Å². The van der Waals surface area contributed by atoms with Gasteiger partial charge in [0.1, 0.15) is 5.82 Å². The van der Waals surface area contributed by atoms with Crippen molar-refractivity contribution < 1.29 is 0 Å². The predicted octanol–water partition coefficient (Wildman–Crippen LogP) is 4.52. The van der Waals surface area contributed by atoms with Gasteiger partial charge in [-0.2, -0.15) is 0 Å². The van der Waals surface area contributed by atoms with Gasteiger partial charge >= 0.3 is 0 Å². The van der Waals surface area contributed by atoms with E-state index in [0.717, 1.165) is 44.2 Å². The van der Waals surface area contributed by atoms with E-state index in [2.05, 4.69) is 65.4 Å². The van der Waals surface area contributed by atoms with Crippen LogP contribution in [0.3, 0.4) is 0 Å². The van der Waals surface area contributed by atoms with Crippen molar-refractivity contribution in [2.45, 2.75) is 46.1 Å². The first-order chi connectivity index (χ1) is 14.2. The molecule has 0 atom stereocenters. The molecular weight excluding hydrogens is 356 g/mol. The van der Waals surface area contributed by atoms with Gasteiger partial charge in [-0.15, -0.1) is 0 Å². The number of nitrogens with one attached hydrogen (secondary N) is 1. The number of pyridine rings is 1. The Kier molecular flexibility index (Phi) is 6.83. The van der Waals surface area contributed by atoms with E-state index in [9.17, 15) is 0 Å². The van der Waals surface area contributed by atoms with Crippen molar-refractivity contribution in [1.82, 2.24) is 15.2 Å². The van der Waals surface area contributed by atoms with Gasteiger partial charge in [-0.3, -0.25) is 4.90 Å². The molecule has 29 heavy (non-hydrogen) atoms. The lowest BCUT2D eigenvalue weighted by atomic mass is 9.98. The summed E-state index contributed by atoms with van der Waals surface area (Å²) in [4.78, 5) is 10.2. The van der Waals surface area contributed by atoms with Crippen LogP contribution in [0.25, 0.3) is 10.9 Å². The Balaban J connectivity index is 1.42. The molecule has 2 aromatic rings. The number of aromatic nitrogens is 1. The van der Waals surface area contributed by atoms with Crippen LogP contribution in [0.4, 0.5) is 5.82 Å². The van der Waals surface area contributed by atoms with Crippen molar-refractivity contribution in [3.05, 3.63) is 47.5 Å². The Bertz CT molecular complexity index is 836. The van der Waals surface area contributed by atoms with Crippen molar-refractivity contribution in [3.63, 3.8) is 0 Å². The lowest BCUT2D eigenvalue weighted by Crippen LogP contribution is -2.34. The van der Waals surface area contributed by atoms with E-state index in [1.165, 1.54) is 61.1 Å². The second kappa shape index (κ2) is 9.73. The Hall–Kier alpha value is -1.91. The number of hydrogen-bond donors (Lipinski definition) is 1. The van der Waals surface area contributed by atoms with Crippen molar-refractivity contribution in [2.75, 3.05) is 44.2 Å². The van der Waals surface area contributed by atoms with Gasteiger partial charge in [0.05, 0.1) is 5.52 Å². The van der Waals surface area contributed by atoms with Gasteiger partial charge in [0.2, 0.25) is 0 Å². The molecule has 1 N–H and O–H groups in total. The van der Waals surface area contributed by atoms with Crippen molar-refractivity contribution in [3.8, 4) is 0 Å². The van der Waals surface area contributed by atoms with Crippen LogP contribution in [-0.2, 0) is 6.54 Å². The average Bonchev–Trinajstić information content (AvgIpc) is 2.74. The minimum absolute atomic E-state index is 0.833. The van der Waals surface area contributed by atoms with Gasteiger partial charge in [0, 0.05) is 43.7 Å². The summed E-state index contributed by atoms with van der Waals surface area (Å²) in [5, 5.41) is 4.95. The smallest absolute Gasteiger partial charge is 0.133 e. The lowest BCUT2D eigenvalue weighted by molar-refractivity contribution is 0.293. The van der Waals surface area contributed by atoms with E-state index >= 15 is 0 Å². The minimum Gasteiger partial charge on any atom is -0.356 e. The largest absolute Gasteiger partial charge is 0.356 e. The van der Waals surface area contributed by atoms with Crippen LogP contribution in [0, 0.1) is 12.8 Å². The molecule has 2 aliphatic heterocycles. The van der Waals surface area contributed by atoms with Crippen LogP contribution >= 0.6 is 0 Å². The quantitative estimate of drug-likeness (QED) is 0.554. The number of aryl methyl sites for hydroxylation is 1. The fraction of sp³-hybridized carbons (Fsp3) is 0.560. The maximum absolute atomic E-state index is 5.13. The Labute approximate surface area is 176 Å². The molecule has 2 aliphatic rings. The summed E-state index contributed by atoms with van der Waals surface area (Å²) in [6, 6.07) is 8.98.